The van der Waals surface area contributed by atoms with Gasteiger partial charge in [0.15, 0.2) is 0 Å². The summed E-state index contributed by atoms with van der Waals surface area (Å²) in [5, 5.41) is 5.50. The van der Waals surface area contributed by atoms with Gasteiger partial charge in [-0.25, -0.2) is 4.98 Å². The van der Waals surface area contributed by atoms with Gasteiger partial charge in [0.2, 0.25) is 0 Å². The Kier molecular flexibility index (Phi) is 9.25. The van der Waals surface area contributed by atoms with Crippen LogP contribution in [0.2, 0.25) is 0 Å². The smallest absolute Gasteiger partial charge is 0.306 e. The summed E-state index contributed by atoms with van der Waals surface area (Å²) in [6.45, 7) is 3.74. The van der Waals surface area contributed by atoms with Gasteiger partial charge in [-0.15, -0.1) is 12.4 Å². The summed E-state index contributed by atoms with van der Waals surface area (Å²) < 4.78 is 4.65. The zero-order valence-corrected chi connectivity index (χ0v) is 20.9. The number of fused-ring (bicyclic) bond motifs is 1. The zero-order chi connectivity index (χ0) is 23.9. The molecule has 7 heteroatoms. The molecule has 0 spiro atoms. The third-order valence-corrected chi connectivity index (χ3v) is 6.09. The maximum Gasteiger partial charge on any atom is 0.306 e. The maximum absolute atomic E-state index is 14.0. The van der Waals surface area contributed by atoms with E-state index in [0.717, 1.165) is 47.8 Å². The molecule has 35 heavy (non-hydrogen) atoms. The van der Waals surface area contributed by atoms with Crippen LogP contribution >= 0.6 is 12.4 Å². The number of halogens is 1. The summed E-state index contributed by atoms with van der Waals surface area (Å²) in [7, 11) is 1.37. The summed E-state index contributed by atoms with van der Waals surface area (Å²) in [6, 6.07) is 15.5. The largest absolute Gasteiger partial charge is 0.469 e. The highest BCUT2D eigenvalue weighted by Crippen LogP contribution is 2.31. The number of piperidine rings is 1. The van der Waals surface area contributed by atoms with Gasteiger partial charge in [0, 0.05) is 35.7 Å². The van der Waals surface area contributed by atoms with Gasteiger partial charge < -0.3 is 10.1 Å². The minimum atomic E-state index is -0.284. The number of esters is 1. The second kappa shape index (κ2) is 12.3. The van der Waals surface area contributed by atoms with E-state index in [4.69, 9.17) is 4.98 Å². The molecule has 2 aromatic carbocycles. The Bertz CT molecular complexity index is 1250. The number of carbonyl (C=O) groups is 2. The minimum absolute atomic E-state index is 0. The zero-order valence-electron chi connectivity index (χ0n) is 20.0. The van der Waals surface area contributed by atoms with Crippen molar-refractivity contribution in [2.75, 3.05) is 25.1 Å². The Balaban J connectivity index is 0.00000342. The quantitative estimate of drug-likeness (QED) is 0.415. The lowest BCUT2D eigenvalue weighted by Gasteiger charge is -2.35. The molecule has 1 saturated heterocycles. The molecular weight excluding hydrogens is 462 g/mol. The summed E-state index contributed by atoms with van der Waals surface area (Å²) >= 11 is 0. The number of aryl methyl sites for hydroxylation is 1. The number of pyridine rings is 1. The SMILES string of the molecule is COC(=O)CCC#Cc1cccc(C(=O)N(c2nccc3cccc(C)c23)[C@@H]2CCCNC2)c1.Cl. The number of nitrogens with one attached hydrogen (secondary N) is 1. The first-order chi connectivity index (χ1) is 16.6. The Morgan fingerprint density at radius 3 is 2.80 bits per heavy atom. The molecule has 1 N–H and O–H groups in total. The fourth-order valence-corrected chi connectivity index (χ4v) is 4.36. The Morgan fingerprint density at radius 2 is 2.03 bits per heavy atom. The number of hydrogen-bond acceptors (Lipinski definition) is 5. The molecule has 4 rings (SSSR count). The van der Waals surface area contributed by atoms with Gasteiger partial charge in [-0.3, -0.25) is 14.5 Å². The van der Waals surface area contributed by atoms with Gasteiger partial charge in [0.25, 0.3) is 5.91 Å². The lowest BCUT2D eigenvalue weighted by Crippen LogP contribution is -2.49. The summed E-state index contributed by atoms with van der Waals surface area (Å²) in [5.41, 5.74) is 2.39. The maximum atomic E-state index is 14.0. The number of benzene rings is 2. The number of aromatic nitrogens is 1. The normalized spacial score (nSPS) is 14.9. The highest BCUT2D eigenvalue weighted by Gasteiger charge is 2.30. The van der Waals surface area contributed by atoms with Crippen molar-refractivity contribution >= 4 is 40.9 Å². The highest BCUT2D eigenvalue weighted by atomic mass is 35.5. The molecule has 182 valence electrons. The van der Waals surface area contributed by atoms with E-state index in [-0.39, 0.29) is 36.7 Å². The van der Waals surface area contributed by atoms with Gasteiger partial charge in [0.05, 0.1) is 19.6 Å². The summed E-state index contributed by atoms with van der Waals surface area (Å²) in [4.78, 5) is 31.8. The van der Waals surface area contributed by atoms with Crippen molar-refractivity contribution in [3.05, 3.63) is 71.4 Å². The molecule has 1 aliphatic heterocycles. The molecule has 3 aromatic rings. The van der Waals surface area contributed by atoms with E-state index in [0.29, 0.717) is 17.8 Å². The van der Waals surface area contributed by atoms with Crippen molar-refractivity contribution < 1.29 is 14.3 Å². The molecule has 0 aliphatic carbocycles. The molecule has 0 bridgehead atoms. The van der Waals surface area contributed by atoms with Crippen molar-refractivity contribution in [2.24, 2.45) is 0 Å². The second-order valence-corrected chi connectivity index (χ2v) is 8.44. The number of nitrogens with zero attached hydrogens (tertiary/aromatic N) is 2. The van der Waals surface area contributed by atoms with Gasteiger partial charge in [-0.2, -0.15) is 0 Å². The van der Waals surface area contributed by atoms with Crippen LogP contribution in [0.5, 0.6) is 0 Å². The van der Waals surface area contributed by atoms with Crippen LogP contribution in [0, 0.1) is 18.8 Å². The van der Waals surface area contributed by atoms with E-state index < -0.39 is 0 Å². The van der Waals surface area contributed by atoms with Crippen LogP contribution in [0.15, 0.2) is 54.7 Å². The van der Waals surface area contributed by atoms with Crippen LogP contribution in [0.1, 0.15) is 47.2 Å². The molecule has 1 amide bonds. The lowest BCUT2D eigenvalue weighted by molar-refractivity contribution is -0.140. The van der Waals surface area contributed by atoms with Crippen molar-refractivity contribution in [2.45, 2.75) is 38.6 Å². The molecule has 0 unspecified atom stereocenters. The standard InChI is InChI=1S/C28H29N3O3.ClH/c1-20-8-5-11-22-15-17-30-27(26(20)22)31(24-13-7-16-29-19-24)28(33)23-12-6-10-21(18-23)9-3-4-14-25(32)34-2;/h5-6,8,10-12,15,17-18,24,29H,4,7,13-14,16,19H2,1-2H3;1H/t24-;/m1./s1. The van der Waals surface area contributed by atoms with Crippen molar-refractivity contribution in [3.8, 4) is 11.8 Å². The Morgan fingerprint density at radius 1 is 1.20 bits per heavy atom. The first kappa shape index (κ1) is 26.2. The third kappa shape index (κ3) is 6.19. The number of carbonyl (C=O) groups excluding carboxylic acids is 2. The van der Waals surface area contributed by atoms with Crippen molar-refractivity contribution in [1.29, 1.82) is 0 Å². The number of anilines is 1. The fourth-order valence-electron chi connectivity index (χ4n) is 4.36. The number of rotatable bonds is 5. The summed E-state index contributed by atoms with van der Waals surface area (Å²) in [5.74, 6) is 6.38. The molecule has 1 aromatic heterocycles. The average molecular weight is 492 g/mol. The number of methoxy groups -OCH3 is 1. The van der Waals surface area contributed by atoms with Crippen LogP contribution in [0.25, 0.3) is 10.8 Å². The average Bonchev–Trinajstić information content (AvgIpc) is 2.87. The molecule has 0 radical (unpaired) electrons. The topological polar surface area (TPSA) is 71.5 Å². The van der Waals surface area contributed by atoms with Crippen LogP contribution in [0.4, 0.5) is 5.82 Å². The molecule has 2 heterocycles. The molecule has 0 saturated carbocycles. The highest BCUT2D eigenvalue weighted by molar-refractivity contribution is 6.10. The van der Waals surface area contributed by atoms with E-state index in [1.807, 2.05) is 41.3 Å². The van der Waals surface area contributed by atoms with Crippen LogP contribution in [-0.4, -0.2) is 43.1 Å². The fraction of sp³-hybridized carbons (Fsp3) is 0.321. The molecule has 1 fully saturated rings. The lowest BCUT2D eigenvalue weighted by atomic mass is 10.0. The second-order valence-electron chi connectivity index (χ2n) is 8.44. The van der Waals surface area contributed by atoms with E-state index in [9.17, 15) is 9.59 Å². The predicted molar refractivity (Wildman–Crippen MR) is 141 cm³/mol. The summed E-state index contributed by atoms with van der Waals surface area (Å²) in [6.07, 6.45) is 4.34. The molecule has 1 atom stereocenters. The van der Waals surface area contributed by atoms with Crippen LogP contribution < -0.4 is 10.2 Å². The van der Waals surface area contributed by atoms with E-state index in [1.54, 1.807) is 6.20 Å². The van der Waals surface area contributed by atoms with E-state index in [2.05, 4.69) is 41.0 Å². The van der Waals surface area contributed by atoms with Gasteiger partial charge in [-0.05, 0) is 61.5 Å². The minimum Gasteiger partial charge on any atom is -0.469 e. The Hall–Kier alpha value is -3.40. The van der Waals surface area contributed by atoms with E-state index in [1.165, 1.54) is 7.11 Å². The predicted octanol–water partition coefficient (Wildman–Crippen LogP) is 4.67. The first-order valence-corrected chi connectivity index (χ1v) is 11.6. The Labute approximate surface area is 212 Å². The number of amides is 1. The molecule has 1 aliphatic rings. The van der Waals surface area contributed by atoms with Gasteiger partial charge in [0.1, 0.15) is 5.82 Å². The third-order valence-electron chi connectivity index (χ3n) is 6.09. The van der Waals surface area contributed by atoms with Crippen LogP contribution in [0.3, 0.4) is 0 Å². The van der Waals surface area contributed by atoms with Gasteiger partial charge >= 0.3 is 5.97 Å². The first-order valence-electron chi connectivity index (χ1n) is 11.6. The van der Waals surface area contributed by atoms with Crippen molar-refractivity contribution in [3.63, 3.8) is 0 Å². The van der Waals surface area contributed by atoms with Gasteiger partial charge in [-0.1, -0.05) is 36.1 Å². The number of hydrogen-bond donors (Lipinski definition) is 1. The molecule has 6 nitrogen and oxygen atoms in total. The van der Waals surface area contributed by atoms with E-state index >= 15 is 0 Å². The van der Waals surface area contributed by atoms with Crippen molar-refractivity contribution in [1.82, 2.24) is 10.3 Å². The molecular formula is C28H30ClN3O3. The van der Waals surface area contributed by atoms with Crippen LogP contribution in [-0.2, 0) is 9.53 Å². The monoisotopic (exact) mass is 491 g/mol. The number of ether oxygens (including phenoxy) is 1.